The summed E-state index contributed by atoms with van der Waals surface area (Å²) >= 11 is 0. The topological polar surface area (TPSA) is 76.7 Å². The van der Waals surface area contributed by atoms with Crippen molar-refractivity contribution in [3.8, 4) is 22.7 Å². The van der Waals surface area contributed by atoms with E-state index in [1.807, 2.05) is 49.4 Å². The molecule has 0 unspecified atom stereocenters. The zero-order valence-electron chi connectivity index (χ0n) is 13.1. The number of pyridine rings is 1. The van der Waals surface area contributed by atoms with Crippen LogP contribution in [0.25, 0.3) is 33.6 Å². The van der Waals surface area contributed by atoms with Crippen molar-refractivity contribution in [2.45, 2.75) is 6.92 Å². The van der Waals surface area contributed by atoms with E-state index in [0.717, 1.165) is 34.4 Å². The molecule has 4 aromatic rings. The Morgan fingerprint density at radius 3 is 2.79 bits per heavy atom. The van der Waals surface area contributed by atoms with Crippen LogP contribution in [0, 0.1) is 0 Å². The summed E-state index contributed by atoms with van der Waals surface area (Å²) in [4.78, 5) is 13.1. The molecule has 1 N–H and O–H groups in total. The lowest BCUT2D eigenvalue weighted by Crippen LogP contribution is -2.02. The maximum atomic E-state index is 5.50. The van der Waals surface area contributed by atoms with Crippen LogP contribution in [0.2, 0.25) is 0 Å². The van der Waals surface area contributed by atoms with Gasteiger partial charge < -0.3 is 9.84 Å². The van der Waals surface area contributed by atoms with E-state index in [1.54, 1.807) is 12.4 Å². The highest BCUT2D eigenvalue weighted by molar-refractivity contribution is 5.93. The molecule has 0 saturated heterocycles. The molecule has 1 aromatic carbocycles. The lowest BCUT2D eigenvalue weighted by molar-refractivity contribution is 0.439. The average Bonchev–Trinajstić information content (AvgIpc) is 3.06. The third-order valence-electron chi connectivity index (χ3n) is 3.66. The van der Waals surface area contributed by atoms with Gasteiger partial charge in [-0.15, -0.1) is 0 Å². The Kier molecular flexibility index (Phi) is 3.63. The first kappa shape index (κ1) is 14.3. The molecule has 0 atom stereocenters. The molecule has 24 heavy (non-hydrogen) atoms. The van der Waals surface area contributed by atoms with Gasteiger partial charge in [0.25, 0.3) is 0 Å². The zero-order chi connectivity index (χ0) is 16.4. The summed E-state index contributed by atoms with van der Waals surface area (Å²) in [7, 11) is 0. The van der Waals surface area contributed by atoms with E-state index in [9.17, 15) is 0 Å². The highest BCUT2D eigenvalue weighted by Gasteiger charge is 2.13. The molecule has 0 fully saturated rings. The molecule has 0 aliphatic carbocycles. The van der Waals surface area contributed by atoms with Crippen LogP contribution >= 0.6 is 0 Å². The SMILES string of the molecule is CCNc1nccc(-c2ccc3noc(-c4ccccn4)c3c2)n1. The van der Waals surface area contributed by atoms with Crippen LogP contribution in [0.3, 0.4) is 0 Å². The fourth-order valence-electron chi connectivity index (χ4n) is 2.55. The van der Waals surface area contributed by atoms with Gasteiger partial charge in [0.1, 0.15) is 11.2 Å². The second-order valence-electron chi connectivity index (χ2n) is 5.25. The molecule has 4 rings (SSSR count). The number of nitrogens with zero attached hydrogens (tertiary/aromatic N) is 4. The van der Waals surface area contributed by atoms with E-state index in [2.05, 4.69) is 25.4 Å². The summed E-state index contributed by atoms with van der Waals surface area (Å²) in [6, 6.07) is 13.5. The normalized spacial score (nSPS) is 10.9. The summed E-state index contributed by atoms with van der Waals surface area (Å²) in [6.07, 6.45) is 3.48. The number of hydrogen-bond acceptors (Lipinski definition) is 6. The molecule has 0 spiro atoms. The third-order valence-corrected chi connectivity index (χ3v) is 3.66. The minimum Gasteiger partial charge on any atom is -0.354 e. The Labute approximate surface area is 138 Å². The van der Waals surface area contributed by atoms with Gasteiger partial charge in [-0.3, -0.25) is 4.98 Å². The monoisotopic (exact) mass is 317 g/mol. The minimum atomic E-state index is 0.616. The number of benzene rings is 1. The largest absolute Gasteiger partial charge is 0.354 e. The van der Waals surface area contributed by atoms with E-state index < -0.39 is 0 Å². The Morgan fingerprint density at radius 2 is 1.96 bits per heavy atom. The molecule has 3 heterocycles. The molecule has 6 nitrogen and oxygen atoms in total. The first-order valence-electron chi connectivity index (χ1n) is 7.73. The van der Waals surface area contributed by atoms with Crippen LogP contribution in [0.5, 0.6) is 0 Å². The van der Waals surface area contributed by atoms with E-state index in [4.69, 9.17) is 4.52 Å². The molecule has 0 aliphatic rings. The quantitative estimate of drug-likeness (QED) is 0.617. The lowest BCUT2D eigenvalue weighted by atomic mass is 10.1. The molecular formula is C18H15N5O. The molecular weight excluding hydrogens is 302 g/mol. The van der Waals surface area contributed by atoms with E-state index in [1.165, 1.54) is 0 Å². The van der Waals surface area contributed by atoms with Crippen LogP contribution in [0.4, 0.5) is 5.95 Å². The number of nitrogens with one attached hydrogen (secondary N) is 1. The predicted molar refractivity (Wildman–Crippen MR) is 92.4 cm³/mol. The summed E-state index contributed by atoms with van der Waals surface area (Å²) in [5, 5.41) is 8.15. The van der Waals surface area contributed by atoms with Gasteiger partial charge in [-0.05, 0) is 37.3 Å². The number of fused-ring (bicyclic) bond motifs is 1. The van der Waals surface area contributed by atoms with Crippen molar-refractivity contribution in [3.63, 3.8) is 0 Å². The van der Waals surface area contributed by atoms with Gasteiger partial charge >= 0.3 is 0 Å². The first-order valence-corrected chi connectivity index (χ1v) is 7.73. The molecule has 0 amide bonds. The minimum absolute atomic E-state index is 0.616. The fraction of sp³-hybridized carbons (Fsp3) is 0.111. The second kappa shape index (κ2) is 6.08. The van der Waals surface area contributed by atoms with Gasteiger partial charge in [0.05, 0.1) is 11.1 Å². The van der Waals surface area contributed by atoms with Gasteiger partial charge in [0.15, 0.2) is 5.76 Å². The predicted octanol–water partition coefficient (Wildman–Crippen LogP) is 3.78. The van der Waals surface area contributed by atoms with Gasteiger partial charge in [-0.2, -0.15) is 0 Å². The van der Waals surface area contributed by atoms with Crippen molar-refractivity contribution in [1.29, 1.82) is 0 Å². The Bertz CT molecular complexity index is 981. The van der Waals surface area contributed by atoms with Crippen LogP contribution in [0.1, 0.15) is 6.92 Å². The Morgan fingerprint density at radius 1 is 1.00 bits per heavy atom. The van der Waals surface area contributed by atoms with Crippen molar-refractivity contribution in [3.05, 3.63) is 54.9 Å². The van der Waals surface area contributed by atoms with Crippen molar-refractivity contribution >= 4 is 16.9 Å². The fourth-order valence-corrected chi connectivity index (χ4v) is 2.55. The first-order chi connectivity index (χ1) is 11.8. The van der Waals surface area contributed by atoms with E-state index >= 15 is 0 Å². The number of aromatic nitrogens is 4. The van der Waals surface area contributed by atoms with Crippen LogP contribution in [-0.2, 0) is 0 Å². The molecule has 118 valence electrons. The zero-order valence-corrected chi connectivity index (χ0v) is 13.1. The summed E-state index contributed by atoms with van der Waals surface area (Å²) in [5.74, 6) is 1.28. The molecule has 3 aromatic heterocycles. The molecule has 0 radical (unpaired) electrons. The van der Waals surface area contributed by atoms with Crippen LogP contribution < -0.4 is 5.32 Å². The highest BCUT2D eigenvalue weighted by atomic mass is 16.5. The Balaban J connectivity index is 1.82. The number of anilines is 1. The summed E-state index contributed by atoms with van der Waals surface area (Å²) in [5.41, 5.74) is 3.37. The maximum absolute atomic E-state index is 5.50. The van der Waals surface area contributed by atoms with E-state index in [-0.39, 0.29) is 0 Å². The molecule has 0 aliphatic heterocycles. The van der Waals surface area contributed by atoms with Gasteiger partial charge in [0.2, 0.25) is 5.95 Å². The number of rotatable bonds is 4. The van der Waals surface area contributed by atoms with Crippen LogP contribution in [-0.4, -0.2) is 26.7 Å². The number of hydrogen-bond donors (Lipinski definition) is 1. The molecule has 0 saturated carbocycles. The maximum Gasteiger partial charge on any atom is 0.223 e. The standard InChI is InChI=1S/C18H15N5O/c1-2-19-18-21-10-8-14(22-18)12-6-7-15-13(11-12)17(24-23-15)16-5-3-4-9-20-16/h3-11H,2H2,1H3,(H,19,21,22). The van der Waals surface area contributed by atoms with Crippen molar-refractivity contribution in [2.75, 3.05) is 11.9 Å². The molecule has 6 heteroatoms. The van der Waals surface area contributed by atoms with Crippen molar-refractivity contribution in [1.82, 2.24) is 20.1 Å². The van der Waals surface area contributed by atoms with E-state index in [0.29, 0.717) is 11.7 Å². The summed E-state index contributed by atoms with van der Waals surface area (Å²) in [6.45, 7) is 2.79. The lowest BCUT2D eigenvalue weighted by Gasteiger charge is -2.05. The van der Waals surface area contributed by atoms with Crippen molar-refractivity contribution in [2.24, 2.45) is 0 Å². The van der Waals surface area contributed by atoms with Gasteiger partial charge in [-0.25, -0.2) is 9.97 Å². The average molecular weight is 317 g/mol. The van der Waals surface area contributed by atoms with Gasteiger partial charge in [0, 0.05) is 24.5 Å². The van der Waals surface area contributed by atoms with Crippen LogP contribution in [0.15, 0.2) is 59.4 Å². The highest BCUT2D eigenvalue weighted by Crippen LogP contribution is 2.30. The smallest absolute Gasteiger partial charge is 0.223 e. The molecule has 0 bridgehead atoms. The summed E-state index contributed by atoms with van der Waals surface area (Å²) < 4.78 is 5.50. The van der Waals surface area contributed by atoms with Gasteiger partial charge in [-0.1, -0.05) is 17.3 Å². The third kappa shape index (κ3) is 2.58. The Hall–Kier alpha value is -3.28. The van der Waals surface area contributed by atoms with Crippen molar-refractivity contribution < 1.29 is 4.52 Å². The second-order valence-corrected chi connectivity index (χ2v) is 5.25.